The highest BCUT2D eigenvalue weighted by Gasteiger charge is 2.08. The van der Waals surface area contributed by atoms with Gasteiger partial charge in [-0.2, -0.15) is 0 Å². The maximum Gasteiger partial charge on any atom is 0.187 e. The van der Waals surface area contributed by atoms with E-state index in [1.807, 2.05) is 31.2 Å². The number of methoxy groups -OCH3 is 2. The van der Waals surface area contributed by atoms with Crippen LogP contribution < -0.4 is 19.5 Å². The predicted molar refractivity (Wildman–Crippen MR) is 94.3 cm³/mol. The molecule has 0 aromatic heterocycles. The van der Waals surface area contributed by atoms with Crippen LogP contribution in [0.2, 0.25) is 0 Å². The van der Waals surface area contributed by atoms with E-state index in [9.17, 15) is 4.79 Å². The van der Waals surface area contributed by atoms with Gasteiger partial charge in [0.2, 0.25) is 0 Å². The van der Waals surface area contributed by atoms with Gasteiger partial charge < -0.3 is 19.5 Å². The molecule has 0 radical (unpaired) electrons. The summed E-state index contributed by atoms with van der Waals surface area (Å²) in [6.07, 6.45) is 3.06. The van der Waals surface area contributed by atoms with E-state index >= 15 is 0 Å². The molecule has 0 aliphatic rings. The Morgan fingerprint density at radius 3 is 2.50 bits per heavy atom. The van der Waals surface area contributed by atoms with Crippen molar-refractivity contribution in [3.05, 3.63) is 60.3 Å². The molecule has 2 aromatic rings. The highest BCUT2D eigenvalue weighted by atomic mass is 16.5. The molecule has 0 aliphatic carbocycles. The van der Waals surface area contributed by atoms with E-state index in [1.165, 1.54) is 13.2 Å². The third kappa shape index (κ3) is 4.29. The molecule has 0 atom stereocenters. The number of carbonyl (C=O) groups is 1. The van der Waals surface area contributed by atoms with Crippen LogP contribution in [0.15, 0.2) is 54.7 Å². The number of ether oxygens (including phenoxy) is 3. The van der Waals surface area contributed by atoms with E-state index in [4.69, 9.17) is 14.2 Å². The molecule has 24 heavy (non-hydrogen) atoms. The molecule has 0 saturated heterocycles. The van der Waals surface area contributed by atoms with Crippen LogP contribution in [0.5, 0.6) is 17.2 Å². The molecule has 1 N–H and O–H groups in total. The predicted octanol–water partition coefficient (Wildman–Crippen LogP) is 3.91. The summed E-state index contributed by atoms with van der Waals surface area (Å²) in [6, 6.07) is 12.6. The zero-order chi connectivity index (χ0) is 17.4. The summed E-state index contributed by atoms with van der Waals surface area (Å²) in [6.45, 7) is 2.50. The second-order valence-electron chi connectivity index (χ2n) is 4.84. The monoisotopic (exact) mass is 327 g/mol. The van der Waals surface area contributed by atoms with Crippen molar-refractivity contribution in [3.8, 4) is 17.2 Å². The molecule has 2 aromatic carbocycles. The van der Waals surface area contributed by atoms with Crippen LogP contribution in [0.1, 0.15) is 17.3 Å². The molecule has 5 nitrogen and oxygen atoms in total. The minimum absolute atomic E-state index is 0.141. The van der Waals surface area contributed by atoms with Gasteiger partial charge in [-0.1, -0.05) is 12.1 Å². The van der Waals surface area contributed by atoms with Crippen molar-refractivity contribution in [2.45, 2.75) is 6.92 Å². The van der Waals surface area contributed by atoms with Gasteiger partial charge in [-0.15, -0.1) is 0 Å². The first-order valence-corrected chi connectivity index (χ1v) is 7.60. The maximum atomic E-state index is 12.3. The SMILES string of the molecule is CCOc1ccccc1NC=CC(=O)c1ccc(OC)c(OC)c1. The van der Waals surface area contributed by atoms with Crippen LogP contribution in [-0.4, -0.2) is 26.6 Å². The highest BCUT2D eigenvalue weighted by Crippen LogP contribution is 2.28. The van der Waals surface area contributed by atoms with E-state index in [0.717, 1.165) is 11.4 Å². The first kappa shape index (κ1) is 17.4. The molecule has 0 heterocycles. The lowest BCUT2D eigenvalue weighted by atomic mass is 10.1. The van der Waals surface area contributed by atoms with Crippen molar-refractivity contribution in [1.82, 2.24) is 0 Å². The van der Waals surface area contributed by atoms with Crippen LogP contribution in [-0.2, 0) is 0 Å². The van der Waals surface area contributed by atoms with Crippen molar-refractivity contribution in [3.63, 3.8) is 0 Å². The van der Waals surface area contributed by atoms with Crippen LogP contribution in [0, 0.1) is 0 Å². The molecule has 126 valence electrons. The lowest BCUT2D eigenvalue weighted by Gasteiger charge is -2.09. The molecule has 0 unspecified atom stereocenters. The lowest BCUT2D eigenvalue weighted by molar-refractivity contribution is 0.104. The number of benzene rings is 2. The number of rotatable bonds is 8. The number of para-hydroxylation sites is 2. The Morgan fingerprint density at radius 1 is 1.04 bits per heavy atom. The molecule has 0 saturated carbocycles. The normalized spacial score (nSPS) is 10.5. The third-order valence-electron chi connectivity index (χ3n) is 3.33. The number of carbonyl (C=O) groups excluding carboxylic acids is 1. The van der Waals surface area contributed by atoms with Crippen LogP contribution in [0.3, 0.4) is 0 Å². The molecule has 0 fully saturated rings. The molecule has 0 amide bonds. The number of nitrogens with one attached hydrogen (secondary N) is 1. The van der Waals surface area contributed by atoms with Crippen LogP contribution in [0.25, 0.3) is 0 Å². The van der Waals surface area contributed by atoms with Crippen molar-refractivity contribution in [1.29, 1.82) is 0 Å². The average Bonchev–Trinajstić information content (AvgIpc) is 2.62. The summed E-state index contributed by atoms with van der Waals surface area (Å²) in [5.41, 5.74) is 1.32. The molecule has 2 rings (SSSR count). The minimum Gasteiger partial charge on any atom is -0.493 e. The molecule has 0 aliphatic heterocycles. The molecular formula is C19H21NO4. The molecule has 0 bridgehead atoms. The van der Waals surface area contributed by atoms with Gasteiger partial charge in [-0.05, 0) is 37.3 Å². The van der Waals surface area contributed by atoms with Gasteiger partial charge in [0.25, 0.3) is 0 Å². The summed E-state index contributed by atoms with van der Waals surface area (Å²) < 4.78 is 15.9. The van der Waals surface area contributed by atoms with Gasteiger partial charge in [0, 0.05) is 17.8 Å². The number of hydrogen-bond donors (Lipinski definition) is 1. The van der Waals surface area contributed by atoms with E-state index in [2.05, 4.69) is 5.32 Å². The smallest absolute Gasteiger partial charge is 0.187 e. The van der Waals surface area contributed by atoms with Crippen LogP contribution in [0.4, 0.5) is 5.69 Å². The lowest BCUT2D eigenvalue weighted by Crippen LogP contribution is -2.00. The fourth-order valence-electron chi connectivity index (χ4n) is 2.16. The average molecular weight is 327 g/mol. The number of allylic oxidation sites excluding steroid dienone is 1. The maximum absolute atomic E-state index is 12.3. The largest absolute Gasteiger partial charge is 0.493 e. The first-order chi connectivity index (χ1) is 11.7. The van der Waals surface area contributed by atoms with Crippen molar-refractivity contribution in [2.75, 3.05) is 26.1 Å². The summed E-state index contributed by atoms with van der Waals surface area (Å²) in [7, 11) is 3.09. The van der Waals surface area contributed by atoms with Gasteiger partial charge in [0.05, 0.1) is 26.5 Å². The van der Waals surface area contributed by atoms with E-state index in [0.29, 0.717) is 23.7 Å². The van der Waals surface area contributed by atoms with Crippen molar-refractivity contribution >= 4 is 11.5 Å². The first-order valence-electron chi connectivity index (χ1n) is 7.60. The van der Waals surface area contributed by atoms with Gasteiger partial charge in [-0.25, -0.2) is 0 Å². The molecular weight excluding hydrogens is 306 g/mol. The second-order valence-corrected chi connectivity index (χ2v) is 4.84. The van der Waals surface area contributed by atoms with Crippen molar-refractivity contribution < 1.29 is 19.0 Å². The number of anilines is 1. The van der Waals surface area contributed by atoms with Gasteiger partial charge in [0.15, 0.2) is 17.3 Å². The Bertz CT molecular complexity index is 725. The van der Waals surface area contributed by atoms with Gasteiger partial charge in [0.1, 0.15) is 5.75 Å². The van der Waals surface area contributed by atoms with E-state index in [1.54, 1.807) is 31.5 Å². The Balaban J connectivity index is 2.08. The quantitative estimate of drug-likeness (QED) is 0.588. The minimum atomic E-state index is -0.141. The molecule has 0 spiro atoms. The summed E-state index contributed by atoms with van der Waals surface area (Å²) >= 11 is 0. The summed E-state index contributed by atoms with van der Waals surface area (Å²) in [4.78, 5) is 12.3. The molecule has 5 heteroatoms. The summed E-state index contributed by atoms with van der Waals surface area (Å²) in [5.74, 6) is 1.70. The van der Waals surface area contributed by atoms with Crippen molar-refractivity contribution in [2.24, 2.45) is 0 Å². The highest BCUT2D eigenvalue weighted by molar-refractivity contribution is 6.05. The standard InChI is InChI=1S/C19H21NO4/c1-4-24-17-8-6-5-7-15(17)20-12-11-16(21)14-9-10-18(22-2)19(13-14)23-3/h5-13,20H,4H2,1-3H3. The number of ketones is 1. The fourth-order valence-corrected chi connectivity index (χ4v) is 2.16. The van der Waals surface area contributed by atoms with Gasteiger partial charge >= 0.3 is 0 Å². The van der Waals surface area contributed by atoms with Crippen LogP contribution >= 0.6 is 0 Å². The summed E-state index contributed by atoms with van der Waals surface area (Å²) in [5, 5.41) is 3.07. The number of hydrogen-bond acceptors (Lipinski definition) is 5. The second kappa shape index (κ2) is 8.62. The Hall–Kier alpha value is -2.95. The zero-order valence-corrected chi connectivity index (χ0v) is 14.0. The fraction of sp³-hybridized carbons (Fsp3) is 0.211. The van der Waals surface area contributed by atoms with Gasteiger partial charge in [-0.3, -0.25) is 4.79 Å². The third-order valence-corrected chi connectivity index (χ3v) is 3.33. The zero-order valence-electron chi connectivity index (χ0n) is 14.0. The van der Waals surface area contributed by atoms with E-state index < -0.39 is 0 Å². The topological polar surface area (TPSA) is 56.8 Å². The Labute approximate surface area is 141 Å². The van der Waals surface area contributed by atoms with E-state index in [-0.39, 0.29) is 5.78 Å². The Morgan fingerprint density at radius 2 is 1.79 bits per heavy atom. The Kier molecular flexibility index (Phi) is 6.25.